The Morgan fingerprint density at radius 2 is 1.86 bits per heavy atom. The van der Waals surface area contributed by atoms with Gasteiger partial charge in [0.25, 0.3) is 0 Å². The van der Waals surface area contributed by atoms with Gasteiger partial charge >= 0.3 is 0 Å². The molecule has 0 atom stereocenters. The minimum absolute atomic E-state index is 0.248. The third-order valence-electron chi connectivity index (χ3n) is 1.72. The van der Waals surface area contributed by atoms with E-state index < -0.39 is 11.6 Å². The first-order valence-corrected chi connectivity index (χ1v) is 4.25. The van der Waals surface area contributed by atoms with Gasteiger partial charge in [0.1, 0.15) is 11.6 Å². The molecule has 1 rings (SSSR count). The molecule has 2 nitrogen and oxygen atoms in total. The van der Waals surface area contributed by atoms with Gasteiger partial charge < -0.3 is 5.32 Å². The molecule has 14 heavy (non-hydrogen) atoms. The minimum Gasteiger partial charge on any atom is -0.304 e. The summed E-state index contributed by atoms with van der Waals surface area (Å²) in [6.07, 6.45) is 0.510. The summed E-state index contributed by atoms with van der Waals surface area (Å²) >= 11 is 0. The molecule has 0 saturated heterocycles. The maximum atomic E-state index is 12.7. The Bertz CT molecular complexity index is 324. The van der Waals surface area contributed by atoms with Gasteiger partial charge in [0.15, 0.2) is 0 Å². The van der Waals surface area contributed by atoms with Crippen LogP contribution in [0.4, 0.5) is 8.78 Å². The van der Waals surface area contributed by atoms with Crippen molar-refractivity contribution in [2.45, 2.75) is 6.42 Å². The number of hydrogen-bond acceptors (Lipinski definition) is 2. The molecule has 0 aromatic heterocycles. The second kappa shape index (κ2) is 5.30. The fraction of sp³-hybridized carbons (Fsp3) is 0.300. The Balaban J connectivity index is 2.47. The summed E-state index contributed by atoms with van der Waals surface area (Å²) < 4.78 is 25.4. The van der Waals surface area contributed by atoms with Gasteiger partial charge in [0.2, 0.25) is 0 Å². The van der Waals surface area contributed by atoms with E-state index in [1.807, 2.05) is 6.07 Å². The molecule has 0 aliphatic carbocycles. The van der Waals surface area contributed by atoms with Gasteiger partial charge in [0, 0.05) is 12.6 Å². The van der Waals surface area contributed by atoms with Crippen LogP contribution < -0.4 is 5.32 Å². The number of nitrogens with one attached hydrogen (secondary N) is 1. The van der Waals surface area contributed by atoms with Crippen LogP contribution in [-0.2, 0) is 6.42 Å². The molecule has 0 unspecified atom stereocenters. The predicted octanol–water partition coefficient (Wildman–Crippen LogP) is 1.62. The number of benzene rings is 1. The molecule has 0 amide bonds. The van der Waals surface area contributed by atoms with Crippen LogP contribution in [0.3, 0.4) is 0 Å². The molecule has 0 fully saturated rings. The van der Waals surface area contributed by atoms with Crippen molar-refractivity contribution in [1.82, 2.24) is 5.32 Å². The Hall–Kier alpha value is -1.47. The summed E-state index contributed by atoms with van der Waals surface area (Å²) in [4.78, 5) is 0. The quantitative estimate of drug-likeness (QED) is 0.586. The molecule has 74 valence electrons. The van der Waals surface area contributed by atoms with Crippen LogP contribution >= 0.6 is 0 Å². The van der Waals surface area contributed by atoms with Crippen molar-refractivity contribution in [3.8, 4) is 6.07 Å². The average molecular weight is 196 g/mol. The largest absolute Gasteiger partial charge is 0.304 e. The highest BCUT2D eigenvalue weighted by molar-refractivity contribution is 5.18. The standard InChI is InChI=1S/C10H10F2N2/c11-9-5-8(6-10(12)7-9)1-3-14-4-2-13/h5-7,14H,1,3-4H2. The summed E-state index contributed by atoms with van der Waals surface area (Å²) in [5, 5.41) is 11.0. The molecule has 0 saturated carbocycles. The van der Waals surface area contributed by atoms with Crippen LogP contribution in [0.25, 0.3) is 0 Å². The molecule has 0 aliphatic rings. The molecular weight excluding hydrogens is 186 g/mol. The zero-order valence-electron chi connectivity index (χ0n) is 7.56. The number of nitriles is 1. The molecule has 0 bridgehead atoms. The van der Waals surface area contributed by atoms with Crippen LogP contribution in [0.2, 0.25) is 0 Å². The van der Waals surface area contributed by atoms with Crippen LogP contribution in [0, 0.1) is 23.0 Å². The SMILES string of the molecule is N#CCNCCc1cc(F)cc(F)c1. The Labute approximate surface area is 81.2 Å². The van der Waals surface area contributed by atoms with Crippen molar-refractivity contribution in [3.63, 3.8) is 0 Å². The molecule has 1 aromatic rings. The zero-order chi connectivity index (χ0) is 10.4. The van der Waals surface area contributed by atoms with E-state index in [-0.39, 0.29) is 6.54 Å². The first kappa shape index (κ1) is 10.6. The second-order valence-electron chi connectivity index (χ2n) is 2.86. The summed E-state index contributed by atoms with van der Waals surface area (Å²) in [6.45, 7) is 0.786. The number of rotatable bonds is 4. The molecular formula is C10H10F2N2. The van der Waals surface area contributed by atoms with E-state index in [4.69, 9.17) is 5.26 Å². The molecule has 0 spiro atoms. The van der Waals surface area contributed by atoms with Crippen molar-refractivity contribution < 1.29 is 8.78 Å². The summed E-state index contributed by atoms with van der Waals surface area (Å²) in [7, 11) is 0. The molecule has 0 heterocycles. The van der Waals surface area contributed by atoms with E-state index in [0.29, 0.717) is 18.5 Å². The molecule has 1 aromatic carbocycles. The van der Waals surface area contributed by atoms with E-state index in [2.05, 4.69) is 5.32 Å². The maximum absolute atomic E-state index is 12.7. The monoisotopic (exact) mass is 196 g/mol. The maximum Gasteiger partial charge on any atom is 0.126 e. The highest BCUT2D eigenvalue weighted by Gasteiger charge is 1.99. The van der Waals surface area contributed by atoms with Gasteiger partial charge in [-0.2, -0.15) is 5.26 Å². The zero-order valence-corrected chi connectivity index (χ0v) is 7.56. The molecule has 0 aliphatic heterocycles. The van der Waals surface area contributed by atoms with Crippen molar-refractivity contribution >= 4 is 0 Å². The van der Waals surface area contributed by atoms with Gasteiger partial charge in [0.05, 0.1) is 12.6 Å². The second-order valence-corrected chi connectivity index (χ2v) is 2.86. The highest BCUT2D eigenvalue weighted by Crippen LogP contribution is 2.07. The van der Waals surface area contributed by atoms with Crippen molar-refractivity contribution in [2.75, 3.05) is 13.1 Å². The van der Waals surface area contributed by atoms with Crippen LogP contribution in [0.15, 0.2) is 18.2 Å². The van der Waals surface area contributed by atoms with Crippen LogP contribution in [0.1, 0.15) is 5.56 Å². The van der Waals surface area contributed by atoms with E-state index in [1.54, 1.807) is 0 Å². The fourth-order valence-corrected chi connectivity index (χ4v) is 1.13. The Morgan fingerprint density at radius 3 is 2.43 bits per heavy atom. The first-order valence-electron chi connectivity index (χ1n) is 4.25. The predicted molar refractivity (Wildman–Crippen MR) is 48.5 cm³/mol. The average Bonchev–Trinajstić information content (AvgIpc) is 2.11. The van der Waals surface area contributed by atoms with Crippen molar-refractivity contribution in [2.24, 2.45) is 0 Å². The highest BCUT2D eigenvalue weighted by atomic mass is 19.1. The fourth-order valence-electron chi connectivity index (χ4n) is 1.13. The Kier molecular flexibility index (Phi) is 4.02. The summed E-state index contributed by atoms with van der Waals surface area (Å²) in [5.74, 6) is -1.14. The number of halogens is 2. The summed E-state index contributed by atoms with van der Waals surface area (Å²) in [6, 6.07) is 5.33. The normalized spacial score (nSPS) is 9.79. The Morgan fingerprint density at radius 1 is 1.21 bits per heavy atom. The van der Waals surface area contributed by atoms with Crippen LogP contribution in [-0.4, -0.2) is 13.1 Å². The van der Waals surface area contributed by atoms with Crippen molar-refractivity contribution in [1.29, 1.82) is 5.26 Å². The van der Waals surface area contributed by atoms with E-state index in [0.717, 1.165) is 6.07 Å². The van der Waals surface area contributed by atoms with E-state index in [9.17, 15) is 8.78 Å². The van der Waals surface area contributed by atoms with Gasteiger partial charge in [-0.1, -0.05) is 0 Å². The smallest absolute Gasteiger partial charge is 0.126 e. The molecule has 1 N–H and O–H groups in total. The lowest BCUT2D eigenvalue weighted by molar-refractivity contribution is 0.578. The molecule has 4 heteroatoms. The van der Waals surface area contributed by atoms with Gasteiger partial charge in [-0.15, -0.1) is 0 Å². The number of hydrogen-bond donors (Lipinski definition) is 1. The van der Waals surface area contributed by atoms with E-state index >= 15 is 0 Å². The third kappa shape index (κ3) is 3.50. The van der Waals surface area contributed by atoms with E-state index in [1.165, 1.54) is 12.1 Å². The lowest BCUT2D eigenvalue weighted by Crippen LogP contribution is -2.17. The van der Waals surface area contributed by atoms with Crippen molar-refractivity contribution in [3.05, 3.63) is 35.4 Å². The lowest BCUT2D eigenvalue weighted by atomic mass is 10.1. The van der Waals surface area contributed by atoms with Gasteiger partial charge in [-0.3, -0.25) is 0 Å². The van der Waals surface area contributed by atoms with Gasteiger partial charge in [-0.05, 0) is 24.1 Å². The van der Waals surface area contributed by atoms with Gasteiger partial charge in [-0.25, -0.2) is 8.78 Å². The summed E-state index contributed by atoms with van der Waals surface area (Å²) in [5.41, 5.74) is 0.591. The third-order valence-corrected chi connectivity index (χ3v) is 1.72. The van der Waals surface area contributed by atoms with Crippen LogP contribution in [0.5, 0.6) is 0 Å². The lowest BCUT2D eigenvalue weighted by Gasteiger charge is -2.01. The number of nitrogens with zero attached hydrogens (tertiary/aromatic N) is 1. The first-order chi connectivity index (χ1) is 6.72. The minimum atomic E-state index is -0.569. The topological polar surface area (TPSA) is 35.8 Å². The molecule has 0 radical (unpaired) electrons.